The van der Waals surface area contributed by atoms with E-state index in [4.69, 9.17) is 82.0 Å². The maximum atomic E-state index is 14.5. The van der Waals surface area contributed by atoms with Crippen LogP contribution in [0.25, 0.3) is 39.2 Å². The van der Waals surface area contributed by atoms with Gasteiger partial charge in [0.05, 0.1) is 111 Å². The first-order valence-electron chi connectivity index (χ1n) is 48.3. The summed E-state index contributed by atoms with van der Waals surface area (Å²) in [7, 11) is 4.79. The molecule has 1 N–H and O–H groups in total. The summed E-state index contributed by atoms with van der Waals surface area (Å²) in [5.41, 5.74) is 1.29. The summed E-state index contributed by atoms with van der Waals surface area (Å²) in [4.78, 5) is 157. The summed E-state index contributed by atoms with van der Waals surface area (Å²) in [5, 5.41) is 10.2. The first kappa shape index (κ1) is 108. The number of ether oxygens (including phenoxy) is 11. The number of benzene rings is 3. The van der Waals surface area contributed by atoms with Gasteiger partial charge >= 0.3 is 35.8 Å². The number of carbonyl (C=O) groups is 9. The van der Waals surface area contributed by atoms with Gasteiger partial charge < -0.3 is 71.9 Å². The first-order chi connectivity index (χ1) is 62.8. The van der Waals surface area contributed by atoms with Crippen molar-refractivity contribution in [3.05, 3.63) is 77.8 Å². The molecule has 18 atom stereocenters. The second kappa shape index (κ2) is 42.6. The van der Waals surface area contributed by atoms with E-state index >= 15 is 0 Å². The van der Waals surface area contributed by atoms with Crippen LogP contribution in [0.15, 0.2) is 60.7 Å². The van der Waals surface area contributed by atoms with Crippen LogP contribution in [0.5, 0.6) is 34.9 Å². The molecule has 6 fully saturated rings. The number of hydrogen-bond acceptors (Lipinski definition) is 26. The molecule has 3 saturated carbocycles. The molecule has 754 valence electrons. The Morgan fingerprint density at radius 3 is 1.05 bits per heavy atom. The molecule has 3 aliphatic carbocycles. The Kier molecular flexibility index (Phi) is 33.8. The number of aryl methyl sites for hydroxylation is 2. The zero-order valence-corrected chi connectivity index (χ0v) is 83.2. The monoisotopic (exact) mass is 1900 g/mol. The van der Waals surface area contributed by atoms with Gasteiger partial charge in [-0.05, 0) is 198 Å². The number of aromatic nitrogens is 6. The van der Waals surface area contributed by atoms with Crippen LogP contribution in [0, 0.1) is 69.5 Å². The number of carboxylic acid groups (broad SMARTS) is 1. The fraction of sp³-hybridized carbons (Fsp3) is 0.673. The maximum absolute atomic E-state index is 14.5. The summed E-state index contributed by atoms with van der Waals surface area (Å²) >= 11 is 0. The third kappa shape index (κ3) is 25.8. The topological polar surface area (TPSA) is 362 Å². The number of carboxylic acids is 1. The van der Waals surface area contributed by atoms with Crippen LogP contribution >= 0.6 is 0 Å². The lowest BCUT2D eigenvalue weighted by Gasteiger charge is -2.35. The molecule has 3 aromatic heterocycles. The molecule has 15 rings (SSSR count). The molecule has 3 aromatic carbocycles. The van der Waals surface area contributed by atoms with Gasteiger partial charge in [-0.25, -0.2) is 44.3 Å². The zero-order chi connectivity index (χ0) is 97.6. The third-order valence-corrected chi connectivity index (χ3v) is 28.6. The van der Waals surface area contributed by atoms with Crippen LogP contribution in [0.3, 0.4) is 0 Å². The van der Waals surface area contributed by atoms with E-state index in [9.17, 15) is 48.3 Å². The quantitative estimate of drug-likeness (QED) is 0.119. The van der Waals surface area contributed by atoms with Crippen molar-refractivity contribution in [2.75, 3.05) is 41.0 Å². The molecule has 6 bridgehead atoms. The largest absolute Gasteiger partial charge is 0.497 e. The minimum Gasteiger partial charge on any atom is -0.497 e. The van der Waals surface area contributed by atoms with Crippen LogP contribution in [0.4, 0.5) is 0 Å². The summed E-state index contributed by atoms with van der Waals surface area (Å²) in [6.45, 7) is 40.0. The van der Waals surface area contributed by atoms with Crippen LogP contribution in [0.2, 0.25) is 0 Å². The number of hydrogen-bond donors (Lipinski definition) is 1. The molecular formula is C107H155N9O21. The molecule has 3 saturated heterocycles. The average molecular weight is 1900 g/mol. The van der Waals surface area contributed by atoms with E-state index in [1.807, 2.05) is 166 Å². The predicted molar refractivity (Wildman–Crippen MR) is 523 cm³/mol. The number of allylic oxidation sites excluding steroid dienone is 1. The van der Waals surface area contributed by atoms with Crippen LogP contribution < -0.4 is 28.4 Å². The van der Waals surface area contributed by atoms with Gasteiger partial charge in [0.15, 0.2) is 0 Å². The Hall–Kier alpha value is -10.6. The molecule has 6 aliphatic heterocycles. The van der Waals surface area contributed by atoms with Gasteiger partial charge in [-0.15, -0.1) is 0 Å². The van der Waals surface area contributed by atoms with Crippen molar-refractivity contribution in [2.24, 2.45) is 69.5 Å². The Balaban J connectivity index is 0.000000210. The molecular weight excluding hydrogens is 1750 g/mol. The van der Waals surface area contributed by atoms with E-state index in [1.165, 1.54) is 4.90 Å². The Morgan fingerprint density at radius 2 is 0.723 bits per heavy atom. The van der Waals surface area contributed by atoms with Gasteiger partial charge in [-0.1, -0.05) is 137 Å². The lowest BCUT2D eigenvalue weighted by Crippen LogP contribution is -2.50. The summed E-state index contributed by atoms with van der Waals surface area (Å²) in [6, 6.07) is 13.7. The highest BCUT2D eigenvalue weighted by Gasteiger charge is 2.60. The van der Waals surface area contributed by atoms with E-state index in [0.29, 0.717) is 87.3 Å². The highest BCUT2D eigenvalue weighted by Crippen LogP contribution is 2.54. The minimum absolute atomic E-state index is 0. The Labute approximate surface area is 810 Å². The number of aliphatic carboxylic acids is 1. The number of rotatable bonds is 6. The summed E-state index contributed by atoms with van der Waals surface area (Å²) < 4.78 is 65.6. The lowest BCUT2D eigenvalue weighted by atomic mass is 9.77. The Bertz CT molecular complexity index is 5410. The summed E-state index contributed by atoms with van der Waals surface area (Å²) in [5.74, 6) is -3.90. The molecule has 3 amide bonds. The highest BCUT2D eigenvalue weighted by atomic mass is 16.6. The van der Waals surface area contributed by atoms with Gasteiger partial charge in [0, 0.05) is 53.7 Å². The maximum Gasteiger partial charge on any atom is 0.329 e. The molecule has 30 heteroatoms. The molecule has 30 nitrogen and oxygen atoms in total. The first-order valence-corrected chi connectivity index (χ1v) is 48.3. The minimum atomic E-state index is -1.11. The fourth-order valence-electron chi connectivity index (χ4n) is 20.0. The molecule has 0 spiro atoms. The number of esters is 5. The molecule has 9 aliphatic rings. The molecule has 0 radical (unpaired) electrons. The van der Waals surface area contributed by atoms with Crippen molar-refractivity contribution in [3.8, 4) is 34.9 Å². The number of carbonyl (C=O) groups excluding carboxylic acids is 8. The van der Waals surface area contributed by atoms with E-state index in [2.05, 4.69) is 6.08 Å². The van der Waals surface area contributed by atoms with Crippen molar-refractivity contribution < 1.29 is 100 Å². The second-order valence-electron chi connectivity index (χ2n) is 44.7. The van der Waals surface area contributed by atoms with E-state index in [1.54, 1.807) is 71.0 Å². The van der Waals surface area contributed by atoms with Crippen LogP contribution in [-0.2, 0) is 79.7 Å². The average Bonchev–Trinajstić information content (AvgIpc) is 1.67. The second-order valence-corrected chi connectivity index (χ2v) is 44.7. The lowest BCUT2D eigenvalue weighted by molar-refractivity contribution is -0.167. The van der Waals surface area contributed by atoms with Gasteiger partial charge in [0.25, 0.3) is 0 Å². The SMILES string of the molecule is C.C.C.COc1ccc2nc3c(nc2c1)O[C@H]1CN(C(=O)[C@H](C(C)(C)C)CC(=O)O[C@@]2(C)C[C@@H]2CCC/C=C/3)[C@H](C(=O)OC(C)(C)C)[C@@H]1C.COc1ccc2nc3c(nc2c1)O[C@H]1CN(C(=O)[C@H](C(C)(C)C)CC(=O)O[C@]2(C)C[C@H]2CCCCC3)[C@H](C(=O)O)[C@@H]1C.COc1ccc2nc3c(nc2c1)O[C@H]1CN(C(=O)[C@H](C(C)(C)C)CC(=O)O[C@]2(C)C[C@H]2CCCCC3)[C@H](C(=O)OC(C)(C)C)[C@@H]1C. The number of nitrogens with zero attached hydrogens (tertiary/aromatic N) is 9. The van der Waals surface area contributed by atoms with Gasteiger partial charge in [-0.2, -0.15) is 0 Å². The van der Waals surface area contributed by atoms with E-state index in [0.717, 1.165) is 112 Å². The van der Waals surface area contributed by atoms with Crippen molar-refractivity contribution in [2.45, 2.75) is 354 Å². The van der Waals surface area contributed by atoms with Gasteiger partial charge in [0.1, 0.15) is 98.8 Å². The normalized spacial score (nSPS) is 29.4. The number of methoxy groups -OCH3 is 3. The number of fused-ring (bicyclic) bond motifs is 15. The zero-order valence-electron chi connectivity index (χ0n) is 83.2. The summed E-state index contributed by atoms with van der Waals surface area (Å²) in [6.07, 6.45) is 16.1. The van der Waals surface area contributed by atoms with Gasteiger partial charge in [-0.3, -0.25) is 28.8 Å². The highest BCUT2D eigenvalue weighted by molar-refractivity contribution is 5.92. The standard InChI is InChI=1S/C36H51N3O7.C36H49N3O7.C32H43N3O7.3CH4/c2*1-21-28-20-39(30(21)33(42)46-35(5,6)7)32(41)24(34(2,3)4)18-29(40)45-36(8)19-22(36)13-11-10-12-14-26-31(44-28)38-27-17-23(43-9)15-16-25(27)37-26;1-18-25-17-35(27(18)30(38)39)29(37)21(31(2,3)4)15-26(36)42-32(5)16-19(32)10-8-7-9-11-23-28(41-25)34-24-14-20(40-6)12-13-22(24)33-23;;;/h15-17,21-22,24,28,30H,10-14,18-20H2,1-9H3;12,14-17,21-22,24,28,30H,10-11,13,18-20H2,1-9H3;12-14,18-19,21,25,27H,7-11,15-17H2,1-6H3,(H,38,39);3*1H4/b;14-12+;;;;/t21-,22-,24-,28+,30+,36-;21-,22+,24-,28+,30+,36+;18-,19-,21-,25+,27+,32-;;;/m111.../s1. The molecule has 137 heavy (non-hydrogen) atoms. The van der Waals surface area contributed by atoms with Crippen LogP contribution in [0.1, 0.15) is 294 Å². The van der Waals surface area contributed by atoms with Gasteiger partial charge in [0.2, 0.25) is 35.4 Å². The van der Waals surface area contributed by atoms with Crippen LogP contribution in [-0.4, -0.2) is 209 Å². The van der Waals surface area contributed by atoms with Crippen molar-refractivity contribution in [3.63, 3.8) is 0 Å². The van der Waals surface area contributed by atoms with Crippen molar-refractivity contribution in [1.29, 1.82) is 0 Å². The van der Waals surface area contributed by atoms with E-state index in [-0.39, 0.29) is 96.8 Å². The number of amides is 3. The van der Waals surface area contributed by atoms with Crippen molar-refractivity contribution in [1.82, 2.24) is 44.6 Å². The Morgan fingerprint density at radius 1 is 0.409 bits per heavy atom. The molecule has 9 heterocycles. The van der Waals surface area contributed by atoms with E-state index < -0.39 is 140 Å². The fourth-order valence-corrected chi connectivity index (χ4v) is 20.0. The molecule has 6 aromatic rings. The van der Waals surface area contributed by atoms with Crippen molar-refractivity contribution >= 4 is 92.7 Å². The predicted octanol–water partition coefficient (Wildman–Crippen LogP) is 18.9. The molecule has 0 unspecified atom stereocenters. The third-order valence-electron chi connectivity index (χ3n) is 28.6. The smallest absolute Gasteiger partial charge is 0.329 e.